The Morgan fingerprint density at radius 2 is 2.22 bits per heavy atom. The predicted molar refractivity (Wildman–Crippen MR) is 75.5 cm³/mol. The smallest absolute Gasteiger partial charge is 0.136 e. The van der Waals surface area contributed by atoms with Gasteiger partial charge in [-0.15, -0.1) is 23.1 Å². The number of thiazole rings is 1. The maximum Gasteiger partial charge on any atom is 0.136 e. The fourth-order valence-corrected chi connectivity index (χ4v) is 3.36. The van der Waals surface area contributed by atoms with Gasteiger partial charge in [-0.3, -0.25) is 0 Å². The molecule has 0 aliphatic rings. The summed E-state index contributed by atoms with van der Waals surface area (Å²) < 4.78 is 13.4. The lowest BCUT2D eigenvalue weighted by molar-refractivity contribution is 0.602. The number of hydrogen-bond donors (Lipinski definition) is 1. The SMILES string of the molecule is CNC(C)c1cnc(CSc2ccccc2F)s1. The summed E-state index contributed by atoms with van der Waals surface area (Å²) in [5, 5.41) is 4.21. The zero-order valence-corrected chi connectivity index (χ0v) is 11.9. The Bertz CT molecular complexity index is 513. The molecule has 0 saturated heterocycles. The van der Waals surface area contributed by atoms with Gasteiger partial charge in [-0.25, -0.2) is 9.37 Å². The predicted octanol–water partition coefficient (Wildman–Crippen LogP) is 3.85. The van der Waals surface area contributed by atoms with Gasteiger partial charge >= 0.3 is 0 Å². The lowest BCUT2D eigenvalue weighted by atomic mass is 10.3. The van der Waals surface area contributed by atoms with E-state index in [0.29, 0.717) is 16.7 Å². The second-order valence-electron chi connectivity index (χ2n) is 3.89. The average molecular weight is 282 g/mol. The molecule has 1 atom stereocenters. The van der Waals surface area contributed by atoms with Crippen molar-refractivity contribution in [2.45, 2.75) is 23.6 Å². The Morgan fingerprint density at radius 3 is 2.94 bits per heavy atom. The molecular weight excluding hydrogens is 267 g/mol. The molecule has 1 aromatic heterocycles. The molecule has 1 unspecified atom stereocenters. The first-order valence-electron chi connectivity index (χ1n) is 5.70. The Kier molecular flexibility index (Phi) is 4.74. The summed E-state index contributed by atoms with van der Waals surface area (Å²) in [6, 6.07) is 7.15. The van der Waals surface area contributed by atoms with Crippen LogP contribution in [0.25, 0.3) is 0 Å². The molecule has 1 N–H and O–H groups in total. The highest BCUT2D eigenvalue weighted by molar-refractivity contribution is 7.98. The maximum atomic E-state index is 13.4. The van der Waals surface area contributed by atoms with E-state index in [1.54, 1.807) is 23.5 Å². The van der Waals surface area contributed by atoms with E-state index in [1.165, 1.54) is 22.7 Å². The number of rotatable bonds is 5. The van der Waals surface area contributed by atoms with Gasteiger partial charge in [0.15, 0.2) is 0 Å². The maximum absolute atomic E-state index is 13.4. The van der Waals surface area contributed by atoms with Gasteiger partial charge in [0.2, 0.25) is 0 Å². The Hall–Kier alpha value is -0.910. The third-order valence-corrected chi connectivity index (χ3v) is 5.04. The van der Waals surface area contributed by atoms with Crippen molar-refractivity contribution in [3.8, 4) is 0 Å². The highest BCUT2D eigenvalue weighted by atomic mass is 32.2. The Labute approximate surface area is 115 Å². The Balaban J connectivity index is 1.98. The second kappa shape index (κ2) is 6.31. The number of nitrogens with one attached hydrogen (secondary N) is 1. The van der Waals surface area contributed by atoms with E-state index in [0.717, 1.165) is 5.01 Å². The molecule has 0 bridgehead atoms. The van der Waals surface area contributed by atoms with Crippen LogP contribution in [0.15, 0.2) is 35.4 Å². The minimum Gasteiger partial charge on any atom is -0.312 e. The van der Waals surface area contributed by atoms with Gasteiger partial charge in [-0.05, 0) is 26.1 Å². The number of benzene rings is 1. The zero-order valence-electron chi connectivity index (χ0n) is 10.3. The minimum atomic E-state index is -0.164. The first-order chi connectivity index (χ1) is 8.70. The number of hydrogen-bond acceptors (Lipinski definition) is 4. The molecule has 2 nitrogen and oxygen atoms in total. The van der Waals surface area contributed by atoms with Crippen molar-refractivity contribution < 1.29 is 4.39 Å². The van der Waals surface area contributed by atoms with E-state index in [1.807, 2.05) is 19.3 Å². The molecule has 2 aromatic rings. The molecule has 0 saturated carbocycles. The zero-order chi connectivity index (χ0) is 13.0. The minimum absolute atomic E-state index is 0.164. The third kappa shape index (κ3) is 3.31. The van der Waals surface area contributed by atoms with E-state index in [9.17, 15) is 4.39 Å². The molecule has 18 heavy (non-hydrogen) atoms. The largest absolute Gasteiger partial charge is 0.312 e. The van der Waals surface area contributed by atoms with E-state index in [4.69, 9.17) is 0 Å². The van der Waals surface area contributed by atoms with Gasteiger partial charge in [-0.1, -0.05) is 12.1 Å². The van der Waals surface area contributed by atoms with Gasteiger partial charge in [0.05, 0.1) is 5.75 Å². The molecular formula is C13H15FN2S2. The quantitative estimate of drug-likeness (QED) is 0.843. The molecule has 0 aliphatic heterocycles. The summed E-state index contributed by atoms with van der Waals surface area (Å²) in [6.45, 7) is 2.10. The summed E-state index contributed by atoms with van der Waals surface area (Å²) in [5.41, 5.74) is 0. The summed E-state index contributed by atoms with van der Waals surface area (Å²) >= 11 is 3.16. The lowest BCUT2D eigenvalue weighted by Crippen LogP contribution is -2.10. The molecule has 0 amide bonds. The fourth-order valence-electron chi connectivity index (χ4n) is 1.43. The standard InChI is InChI=1S/C13H15FN2S2/c1-9(15-2)12-7-16-13(18-12)8-17-11-6-4-3-5-10(11)14/h3-7,9,15H,8H2,1-2H3. The summed E-state index contributed by atoms with van der Waals surface area (Å²) in [4.78, 5) is 6.25. The fraction of sp³-hybridized carbons (Fsp3) is 0.308. The van der Waals surface area contributed by atoms with Crippen molar-refractivity contribution >= 4 is 23.1 Å². The van der Waals surface area contributed by atoms with Crippen molar-refractivity contribution in [2.24, 2.45) is 0 Å². The van der Waals surface area contributed by atoms with Gasteiger partial charge in [0, 0.05) is 22.0 Å². The molecule has 0 spiro atoms. The van der Waals surface area contributed by atoms with Gasteiger partial charge in [0.25, 0.3) is 0 Å². The number of aromatic nitrogens is 1. The monoisotopic (exact) mass is 282 g/mol. The van der Waals surface area contributed by atoms with E-state index in [2.05, 4.69) is 17.2 Å². The van der Waals surface area contributed by atoms with E-state index >= 15 is 0 Å². The van der Waals surface area contributed by atoms with Crippen molar-refractivity contribution in [1.82, 2.24) is 10.3 Å². The molecule has 0 radical (unpaired) electrons. The molecule has 96 valence electrons. The van der Waals surface area contributed by atoms with Crippen molar-refractivity contribution in [3.63, 3.8) is 0 Å². The van der Waals surface area contributed by atoms with E-state index in [-0.39, 0.29) is 5.82 Å². The van der Waals surface area contributed by atoms with Crippen molar-refractivity contribution in [3.05, 3.63) is 46.2 Å². The van der Waals surface area contributed by atoms with Crippen molar-refractivity contribution in [1.29, 1.82) is 0 Å². The topological polar surface area (TPSA) is 24.9 Å². The van der Waals surface area contributed by atoms with Crippen LogP contribution in [-0.4, -0.2) is 12.0 Å². The van der Waals surface area contributed by atoms with Crippen LogP contribution in [-0.2, 0) is 5.75 Å². The summed E-state index contributed by atoms with van der Waals surface area (Å²) in [6.07, 6.45) is 1.89. The molecule has 5 heteroatoms. The van der Waals surface area contributed by atoms with Crippen LogP contribution in [0.1, 0.15) is 22.9 Å². The van der Waals surface area contributed by atoms with Crippen LogP contribution in [0.2, 0.25) is 0 Å². The number of nitrogens with zero attached hydrogens (tertiary/aromatic N) is 1. The molecule has 0 fully saturated rings. The highest BCUT2D eigenvalue weighted by Gasteiger charge is 2.09. The molecule has 2 rings (SSSR count). The number of thioether (sulfide) groups is 1. The lowest BCUT2D eigenvalue weighted by Gasteiger charge is -2.04. The molecule has 1 aromatic carbocycles. The van der Waals surface area contributed by atoms with Crippen LogP contribution < -0.4 is 5.32 Å². The Morgan fingerprint density at radius 1 is 1.44 bits per heavy atom. The second-order valence-corrected chi connectivity index (χ2v) is 6.05. The summed E-state index contributed by atoms with van der Waals surface area (Å²) in [7, 11) is 1.93. The first kappa shape index (κ1) is 13.5. The third-order valence-electron chi connectivity index (χ3n) is 2.62. The molecule has 1 heterocycles. The van der Waals surface area contributed by atoms with Crippen LogP contribution in [0, 0.1) is 5.82 Å². The van der Waals surface area contributed by atoms with Gasteiger partial charge in [-0.2, -0.15) is 0 Å². The normalized spacial score (nSPS) is 12.6. The van der Waals surface area contributed by atoms with E-state index < -0.39 is 0 Å². The molecule has 0 aliphatic carbocycles. The van der Waals surface area contributed by atoms with Crippen LogP contribution in [0.5, 0.6) is 0 Å². The van der Waals surface area contributed by atoms with Crippen LogP contribution in [0.4, 0.5) is 4.39 Å². The van der Waals surface area contributed by atoms with Gasteiger partial charge in [0.1, 0.15) is 10.8 Å². The number of halogens is 1. The van der Waals surface area contributed by atoms with Crippen LogP contribution >= 0.6 is 23.1 Å². The summed E-state index contributed by atoms with van der Waals surface area (Å²) in [5.74, 6) is 0.546. The first-order valence-corrected chi connectivity index (χ1v) is 7.50. The van der Waals surface area contributed by atoms with Crippen LogP contribution in [0.3, 0.4) is 0 Å². The van der Waals surface area contributed by atoms with Crippen molar-refractivity contribution in [2.75, 3.05) is 7.05 Å². The van der Waals surface area contributed by atoms with Gasteiger partial charge < -0.3 is 5.32 Å². The highest BCUT2D eigenvalue weighted by Crippen LogP contribution is 2.28. The average Bonchev–Trinajstić information content (AvgIpc) is 2.86.